The van der Waals surface area contributed by atoms with E-state index in [-0.39, 0.29) is 17.6 Å². The molecule has 0 bridgehead atoms. The smallest absolute Gasteiger partial charge is 0.338 e. The highest BCUT2D eigenvalue weighted by molar-refractivity contribution is 7.07. The van der Waals surface area contributed by atoms with Crippen molar-refractivity contribution in [3.05, 3.63) is 90.1 Å². The maximum atomic E-state index is 13.9. The van der Waals surface area contributed by atoms with Crippen molar-refractivity contribution in [1.82, 2.24) is 4.57 Å². The number of aromatic nitrogens is 1. The Morgan fingerprint density at radius 3 is 2.28 bits per heavy atom. The fraction of sp³-hybridized carbons (Fsp3) is 0.387. The topological polar surface area (TPSA) is 79.1 Å². The van der Waals surface area contributed by atoms with Crippen LogP contribution in [-0.2, 0) is 14.9 Å². The van der Waals surface area contributed by atoms with E-state index >= 15 is 0 Å². The normalized spacial score (nSPS) is 15.6. The van der Waals surface area contributed by atoms with Crippen LogP contribution in [0.15, 0.2) is 63.5 Å². The van der Waals surface area contributed by atoms with Gasteiger partial charge in [0.1, 0.15) is 0 Å². The molecule has 0 radical (unpaired) electrons. The van der Waals surface area contributed by atoms with Gasteiger partial charge in [0.2, 0.25) is 0 Å². The second-order valence-corrected chi connectivity index (χ2v) is 11.3. The molecule has 1 atom stereocenters. The maximum absolute atomic E-state index is 13.9. The van der Waals surface area contributed by atoms with Gasteiger partial charge in [-0.25, -0.2) is 9.79 Å². The Morgan fingerprint density at radius 1 is 1.00 bits per heavy atom. The third-order valence-electron chi connectivity index (χ3n) is 6.47. The summed E-state index contributed by atoms with van der Waals surface area (Å²) < 4.78 is 19.1. The molecule has 2 aromatic carbocycles. The first-order valence-corrected chi connectivity index (χ1v) is 14.1. The van der Waals surface area contributed by atoms with Gasteiger partial charge < -0.3 is 14.2 Å². The molecule has 4 rings (SSSR count). The van der Waals surface area contributed by atoms with E-state index in [0.717, 1.165) is 5.56 Å². The van der Waals surface area contributed by atoms with Gasteiger partial charge in [0.25, 0.3) is 5.56 Å². The Bertz CT molecular complexity index is 1570. The third kappa shape index (κ3) is 5.86. The molecular formula is C31H36N2O5S. The fourth-order valence-corrected chi connectivity index (χ4v) is 5.62. The van der Waals surface area contributed by atoms with Crippen LogP contribution in [0, 0.1) is 0 Å². The molecule has 0 saturated carbocycles. The van der Waals surface area contributed by atoms with Crippen molar-refractivity contribution in [1.29, 1.82) is 0 Å². The van der Waals surface area contributed by atoms with Crippen LogP contribution in [-0.4, -0.2) is 30.4 Å². The van der Waals surface area contributed by atoms with Crippen molar-refractivity contribution in [2.45, 2.75) is 59.9 Å². The summed E-state index contributed by atoms with van der Waals surface area (Å²) in [5.74, 6) is 0.658. The molecule has 3 aromatic rings. The Kier molecular flexibility index (Phi) is 8.45. The van der Waals surface area contributed by atoms with Gasteiger partial charge in [-0.1, -0.05) is 62.4 Å². The molecule has 1 aromatic heterocycles. The number of esters is 1. The Morgan fingerprint density at radius 2 is 1.67 bits per heavy atom. The van der Waals surface area contributed by atoms with E-state index in [1.807, 2.05) is 50.3 Å². The van der Waals surface area contributed by atoms with Gasteiger partial charge in [0.15, 0.2) is 16.3 Å². The summed E-state index contributed by atoms with van der Waals surface area (Å²) in [5.41, 5.74) is 3.52. The second kappa shape index (κ2) is 11.6. The predicted octanol–water partition coefficient (Wildman–Crippen LogP) is 4.89. The van der Waals surface area contributed by atoms with E-state index in [4.69, 9.17) is 14.2 Å². The first-order valence-electron chi connectivity index (χ1n) is 13.3. The lowest BCUT2D eigenvalue weighted by Gasteiger charge is -2.25. The molecule has 0 spiro atoms. The quantitative estimate of drug-likeness (QED) is 0.375. The number of ether oxygens (including phenoxy) is 3. The van der Waals surface area contributed by atoms with Gasteiger partial charge in [-0.3, -0.25) is 9.36 Å². The number of fused-ring (bicyclic) bond motifs is 1. The van der Waals surface area contributed by atoms with Crippen molar-refractivity contribution in [2.24, 2.45) is 4.99 Å². The molecule has 39 heavy (non-hydrogen) atoms. The third-order valence-corrected chi connectivity index (χ3v) is 7.46. The van der Waals surface area contributed by atoms with Crippen LogP contribution in [0.3, 0.4) is 0 Å². The number of nitrogens with zero attached hydrogens (tertiary/aromatic N) is 2. The Hall–Kier alpha value is -3.65. The number of carbonyl (C=O) groups excluding carboxylic acids is 1. The molecule has 2 heterocycles. The van der Waals surface area contributed by atoms with E-state index in [2.05, 4.69) is 37.9 Å². The number of hydrogen-bond donors (Lipinski definition) is 0. The summed E-state index contributed by atoms with van der Waals surface area (Å²) in [7, 11) is 0. The summed E-state index contributed by atoms with van der Waals surface area (Å²) in [5, 5.41) is 0. The van der Waals surface area contributed by atoms with Gasteiger partial charge in [-0.15, -0.1) is 0 Å². The summed E-state index contributed by atoms with van der Waals surface area (Å²) >= 11 is 1.31. The molecule has 8 heteroatoms. The molecule has 0 N–H and O–H groups in total. The average Bonchev–Trinajstić information content (AvgIpc) is 3.18. The molecule has 0 amide bonds. The van der Waals surface area contributed by atoms with Crippen LogP contribution in [0.25, 0.3) is 6.08 Å². The van der Waals surface area contributed by atoms with Gasteiger partial charge in [-0.05, 0) is 68.0 Å². The van der Waals surface area contributed by atoms with E-state index in [0.29, 0.717) is 50.9 Å². The average molecular weight is 549 g/mol. The molecule has 1 aliphatic rings. The zero-order valence-electron chi connectivity index (χ0n) is 23.7. The zero-order chi connectivity index (χ0) is 28.3. The van der Waals surface area contributed by atoms with Crippen molar-refractivity contribution < 1.29 is 19.0 Å². The summed E-state index contributed by atoms with van der Waals surface area (Å²) in [6.45, 7) is 15.0. The van der Waals surface area contributed by atoms with E-state index in [1.54, 1.807) is 18.4 Å². The maximum Gasteiger partial charge on any atom is 0.338 e. The number of thiazole rings is 1. The number of hydrogen-bond acceptors (Lipinski definition) is 7. The standard InChI is InChI=1S/C31H36N2O5S/c1-8-36-23-16-13-21(18-24(23)37-9-2)27-26(29(35)38-10-3)19(4)32-30-33(27)28(34)25(39-30)17-20-11-14-22(15-12-20)31(5,6)7/h11-18,27H,8-10H2,1-7H3/b25-17-/t27-/m0/s1. The summed E-state index contributed by atoms with van der Waals surface area (Å²) in [6.07, 6.45) is 1.88. The Labute approximate surface area is 233 Å². The minimum absolute atomic E-state index is 0.0386. The minimum atomic E-state index is -0.722. The van der Waals surface area contributed by atoms with Crippen LogP contribution in [0.4, 0.5) is 0 Å². The SMILES string of the molecule is CCOC(=O)C1=C(C)N=c2s/c(=C\c3ccc(C(C)(C)C)cc3)c(=O)n2[C@H]1c1ccc(OCC)c(OCC)c1. The molecule has 206 valence electrons. The molecule has 7 nitrogen and oxygen atoms in total. The van der Waals surface area contributed by atoms with Crippen molar-refractivity contribution in [3.63, 3.8) is 0 Å². The number of benzene rings is 2. The summed E-state index contributed by atoms with van der Waals surface area (Å²) in [6, 6.07) is 13.0. The van der Waals surface area contributed by atoms with Crippen LogP contribution >= 0.6 is 11.3 Å². The van der Waals surface area contributed by atoms with Crippen LogP contribution in [0.5, 0.6) is 11.5 Å². The largest absolute Gasteiger partial charge is 0.490 e. The highest BCUT2D eigenvalue weighted by Gasteiger charge is 2.34. The van der Waals surface area contributed by atoms with Gasteiger partial charge in [0.05, 0.1) is 41.7 Å². The molecule has 0 saturated heterocycles. The highest BCUT2D eigenvalue weighted by Crippen LogP contribution is 2.36. The van der Waals surface area contributed by atoms with Gasteiger partial charge >= 0.3 is 5.97 Å². The fourth-order valence-electron chi connectivity index (χ4n) is 4.58. The lowest BCUT2D eigenvalue weighted by atomic mass is 9.87. The highest BCUT2D eigenvalue weighted by atomic mass is 32.1. The van der Waals surface area contributed by atoms with Crippen LogP contribution in [0.2, 0.25) is 0 Å². The van der Waals surface area contributed by atoms with Gasteiger partial charge in [0, 0.05) is 0 Å². The molecule has 0 unspecified atom stereocenters. The molecule has 0 fully saturated rings. The van der Waals surface area contributed by atoms with E-state index in [9.17, 15) is 9.59 Å². The second-order valence-electron chi connectivity index (χ2n) is 10.2. The summed E-state index contributed by atoms with van der Waals surface area (Å²) in [4.78, 5) is 32.3. The number of rotatable bonds is 8. The van der Waals surface area contributed by atoms with Crippen molar-refractivity contribution in [2.75, 3.05) is 19.8 Å². The first-order chi connectivity index (χ1) is 18.6. The van der Waals surface area contributed by atoms with E-state index < -0.39 is 12.0 Å². The van der Waals surface area contributed by atoms with Crippen LogP contribution < -0.4 is 24.4 Å². The molecule has 0 aliphatic carbocycles. The number of allylic oxidation sites excluding steroid dienone is 1. The lowest BCUT2D eigenvalue weighted by Crippen LogP contribution is -2.40. The predicted molar refractivity (Wildman–Crippen MR) is 154 cm³/mol. The molecular weight excluding hydrogens is 512 g/mol. The lowest BCUT2D eigenvalue weighted by molar-refractivity contribution is -0.139. The monoisotopic (exact) mass is 548 g/mol. The van der Waals surface area contributed by atoms with Crippen LogP contribution in [0.1, 0.15) is 71.2 Å². The Balaban J connectivity index is 1.90. The van der Waals surface area contributed by atoms with Gasteiger partial charge in [-0.2, -0.15) is 0 Å². The zero-order valence-corrected chi connectivity index (χ0v) is 24.5. The number of carbonyl (C=O) groups is 1. The van der Waals surface area contributed by atoms with Crippen molar-refractivity contribution in [3.8, 4) is 11.5 Å². The molecule has 1 aliphatic heterocycles. The first kappa shape index (κ1) is 28.4. The van der Waals surface area contributed by atoms with E-state index in [1.165, 1.54) is 16.9 Å². The minimum Gasteiger partial charge on any atom is -0.490 e. The van der Waals surface area contributed by atoms with Crippen molar-refractivity contribution >= 4 is 23.4 Å².